The zero-order valence-electron chi connectivity index (χ0n) is 15.6. The fraction of sp³-hybridized carbons (Fsp3) is 0.217. The van der Waals surface area contributed by atoms with Crippen molar-refractivity contribution in [1.29, 1.82) is 0 Å². The van der Waals surface area contributed by atoms with Crippen LogP contribution >= 0.6 is 0 Å². The van der Waals surface area contributed by atoms with Gasteiger partial charge in [0, 0.05) is 36.3 Å². The van der Waals surface area contributed by atoms with Crippen molar-refractivity contribution in [1.82, 2.24) is 14.6 Å². The standard InChI is InChI=1S/C23H21FN4/c24-19-11-7-10-18(14-19)21-15-22-25-20(17-8-3-1-4-9-17)16-23(28(22)26-21)27-12-5-2-6-13-27/h1,3-4,7-11,14-16H,2,5-6,12-13H2. The number of hydrogen-bond donors (Lipinski definition) is 0. The molecule has 0 radical (unpaired) electrons. The summed E-state index contributed by atoms with van der Waals surface area (Å²) < 4.78 is 15.6. The first-order valence-corrected chi connectivity index (χ1v) is 9.75. The van der Waals surface area contributed by atoms with Crippen molar-refractivity contribution in [2.75, 3.05) is 18.0 Å². The van der Waals surface area contributed by atoms with E-state index in [1.165, 1.54) is 31.4 Å². The van der Waals surface area contributed by atoms with Crippen molar-refractivity contribution >= 4 is 11.5 Å². The number of anilines is 1. The van der Waals surface area contributed by atoms with E-state index in [0.717, 1.165) is 47.1 Å². The summed E-state index contributed by atoms with van der Waals surface area (Å²) in [6.45, 7) is 2.03. The Labute approximate surface area is 163 Å². The first-order chi connectivity index (χ1) is 13.8. The minimum absolute atomic E-state index is 0.260. The highest BCUT2D eigenvalue weighted by atomic mass is 19.1. The van der Waals surface area contributed by atoms with Crippen LogP contribution in [-0.2, 0) is 0 Å². The number of halogens is 1. The van der Waals surface area contributed by atoms with Gasteiger partial charge in [-0.15, -0.1) is 0 Å². The molecule has 0 spiro atoms. The van der Waals surface area contributed by atoms with Gasteiger partial charge in [-0.25, -0.2) is 9.37 Å². The monoisotopic (exact) mass is 372 g/mol. The number of fused-ring (bicyclic) bond motifs is 1. The molecular formula is C23H21FN4. The second-order valence-corrected chi connectivity index (χ2v) is 7.22. The molecule has 1 saturated heterocycles. The number of benzene rings is 2. The Morgan fingerprint density at radius 1 is 0.750 bits per heavy atom. The molecule has 1 fully saturated rings. The summed E-state index contributed by atoms with van der Waals surface area (Å²) in [5, 5.41) is 4.78. The Kier molecular flexibility index (Phi) is 4.28. The van der Waals surface area contributed by atoms with Crippen LogP contribution in [0.4, 0.5) is 10.2 Å². The molecule has 1 aliphatic rings. The van der Waals surface area contributed by atoms with E-state index in [1.807, 2.05) is 34.8 Å². The van der Waals surface area contributed by atoms with Crippen molar-refractivity contribution in [3.8, 4) is 22.5 Å². The second kappa shape index (κ2) is 7.08. The molecular weight excluding hydrogens is 351 g/mol. The van der Waals surface area contributed by atoms with Gasteiger partial charge in [0.05, 0.1) is 11.4 Å². The molecule has 1 aliphatic heterocycles. The first kappa shape index (κ1) is 16.9. The molecule has 0 bridgehead atoms. The number of aromatic nitrogens is 3. The van der Waals surface area contributed by atoms with Crippen LogP contribution in [0.5, 0.6) is 0 Å². The van der Waals surface area contributed by atoms with Gasteiger partial charge in [0.1, 0.15) is 11.6 Å². The number of rotatable bonds is 3. The van der Waals surface area contributed by atoms with E-state index < -0.39 is 0 Å². The number of hydrogen-bond acceptors (Lipinski definition) is 3. The summed E-state index contributed by atoms with van der Waals surface area (Å²) in [5.41, 5.74) is 4.28. The van der Waals surface area contributed by atoms with Gasteiger partial charge in [-0.3, -0.25) is 0 Å². The molecule has 0 saturated carbocycles. The molecule has 28 heavy (non-hydrogen) atoms. The fourth-order valence-corrected chi connectivity index (χ4v) is 3.85. The van der Waals surface area contributed by atoms with Crippen molar-refractivity contribution in [2.45, 2.75) is 19.3 Å². The van der Waals surface area contributed by atoms with Gasteiger partial charge in [-0.05, 0) is 31.4 Å². The maximum Gasteiger partial charge on any atom is 0.158 e. The molecule has 4 aromatic rings. The van der Waals surface area contributed by atoms with Crippen LogP contribution in [0.15, 0.2) is 66.7 Å². The Balaban J connectivity index is 1.69. The Morgan fingerprint density at radius 3 is 2.32 bits per heavy atom. The lowest BCUT2D eigenvalue weighted by Gasteiger charge is -2.29. The third kappa shape index (κ3) is 3.13. The molecule has 0 amide bonds. The van der Waals surface area contributed by atoms with Crippen LogP contribution in [0.25, 0.3) is 28.2 Å². The van der Waals surface area contributed by atoms with Crippen molar-refractivity contribution in [3.63, 3.8) is 0 Å². The summed E-state index contributed by atoms with van der Waals surface area (Å²) in [7, 11) is 0. The highest BCUT2D eigenvalue weighted by Gasteiger charge is 2.18. The summed E-state index contributed by atoms with van der Waals surface area (Å²) in [6.07, 6.45) is 3.63. The third-order valence-electron chi connectivity index (χ3n) is 5.28. The maximum atomic E-state index is 13.7. The zero-order chi connectivity index (χ0) is 18.9. The Hall–Kier alpha value is -3.21. The van der Waals surface area contributed by atoms with E-state index in [2.05, 4.69) is 23.1 Å². The van der Waals surface area contributed by atoms with Gasteiger partial charge in [-0.2, -0.15) is 9.61 Å². The molecule has 5 rings (SSSR count). The smallest absolute Gasteiger partial charge is 0.158 e. The molecule has 3 heterocycles. The molecule has 2 aromatic carbocycles. The molecule has 0 atom stereocenters. The second-order valence-electron chi connectivity index (χ2n) is 7.22. The Morgan fingerprint density at radius 2 is 1.54 bits per heavy atom. The van der Waals surface area contributed by atoms with Gasteiger partial charge in [0.25, 0.3) is 0 Å². The van der Waals surface area contributed by atoms with Gasteiger partial charge in [0.15, 0.2) is 5.65 Å². The van der Waals surface area contributed by atoms with E-state index in [-0.39, 0.29) is 5.82 Å². The molecule has 5 heteroatoms. The molecule has 4 nitrogen and oxygen atoms in total. The summed E-state index contributed by atoms with van der Waals surface area (Å²) in [5.74, 6) is 0.787. The normalized spacial score (nSPS) is 14.5. The van der Waals surface area contributed by atoms with Gasteiger partial charge in [0.2, 0.25) is 0 Å². The molecule has 0 aliphatic carbocycles. The quantitative estimate of drug-likeness (QED) is 0.496. The minimum atomic E-state index is -0.260. The van der Waals surface area contributed by atoms with Crippen LogP contribution < -0.4 is 4.90 Å². The van der Waals surface area contributed by atoms with Crippen LogP contribution in [0.3, 0.4) is 0 Å². The molecule has 2 aromatic heterocycles. The van der Waals surface area contributed by atoms with Gasteiger partial charge >= 0.3 is 0 Å². The highest BCUT2D eigenvalue weighted by Crippen LogP contribution is 2.29. The molecule has 140 valence electrons. The van der Waals surface area contributed by atoms with E-state index in [4.69, 9.17) is 10.1 Å². The van der Waals surface area contributed by atoms with Gasteiger partial charge in [-0.1, -0.05) is 42.5 Å². The number of piperidine rings is 1. The lowest BCUT2D eigenvalue weighted by atomic mass is 10.1. The molecule has 0 unspecified atom stereocenters. The first-order valence-electron chi connectivity index (χ1n) is 9.75. The molecule has 0 N–H and O–H groups in total. The predicted octanol–water partition coefficient (Wildman–Crippen LogP) is 5.19. The predicted molar refractivity (Wildman–Crippen MR) is 110 cm³/mol. The lowest BCUT2D eigenvalue weighted by Crippen LogP contribution is -2.31. The van der Waals surface area contributed by atoms with Crippen molar-refractivity contribution in [3.05, 3.63) is 72.5 Å². The highest BCUT2D eigenvalue weighted by molar-refractivity contribution is 5.71. The minimum Gasteiger partial charge on any atom is -0.356 e. The summed E-state index contributed by atoms with van der Waals surface area (Å²) >= 11 is 0. The van der Waals surface area contributed by atoms with Crippen molar-refractivity contribution < 1.29 is 4.39 Å². The van der Waals surface area contributed by atoms with Crippen LogP contribution in [0, 0.1) is 5.82 Å². The zero-order valence-corrected chi connectivity index (χ0v) is 15.6. The van der Waals surface area contributed by atoms with E-state index >= 15 is 0 Å². The van der Waals surface area contributed by atoms with Crippen LogP contribution in [0.1, 0.15) is 19.3 Å². The maximum absolute atomic E-state index is 13.7. The van der Waals surface area contributed by atoms with E-state index in [1.54, 1.807) is 6.07 Å². The number of nitrogens with zero attached hydrogens (tertiary/aromatic N) is 4. The summed E-state index contributed by atoms with van der Waals surface area (Å²) in [6, 6.07) is 20.8. The van der Waals surface area contributed by atoms with Crippen LogP contribution in [0.2, 0.25) is 0 Å². The summed E-state index contributed by atoms with van der Waals surface area (Å²) in [4.78, 5) is 7.23. The van der Waals surface area contributed by atoms with Crippen LogP contribution in [-0.4, -0.2) is 27.7 Å². The topological polar surface area (TPSA) is 33.4 Å². The lowest BCUT2D eigenvalue weighted by molar-refractivity contribution is 0.568. The van der Waals surface area contributed by atoms with Crippen molar-refractivity contribution in [2.24, 2.45) is 0 Å². The Bertz CT molecular complexity index is 1110. The largest absolute Gasteiger partial charge is 0.356 e. The fourth-order valence-electron chi connectivity index (χ4n) is 3.85. The van der Waals surface area contributed by atoms with Gasteiger partial charge < -0.3 is 4.90 Å². The average molecular weight is 372 g/mol. The SMILES string of the molecule is Fc1cccc(-c2cc3nc(-c4ccccc4)cc(N4CCCCC4)n3n2)c1. The van der Waals surface area contributed by atoms with E-state index in [0.29, 0.717) is 0 Å². The third-order valence-corrected chi connectivity index (χ3v) is 5.28. The van der Waals surface area contributed by atoms with E-state index in [9.17, 15) is 4.39 Å². The average Bonchev–Trinajstić information content (AvgIpc) is 3.19.